The fourth-order valence-electron chi connectivity index (χ4n) is 3.69. The molecule has 2 rings (SSSR count). The molecule has 0 N–H and O–H groups in total. The first-order valence-corrected chi connectivity index (χ1v) is 9.63. The standard InChI is InChI=1S/C20H30ClN3/c1-18(2)20(17-22,19-7-4-3-5-8-19)9-6-11-23-13-15-24(12-10-21)16-14-23/h3-5,7-8,18H,6,9-16H2,1-2H3. The normalized spacial score (nSPS) is 19.1. The molecule has 0 aromatic heterocycles. The van der Waals surface area contributed by atoms with Crippen LogP contribution in [0.2, 0.25) is 0 Å². The van der Waals surface area contributed by atoms with Crippen molar-refractivity contribution in [2.75, 3.05) is 45.1 Å². The Labute approximate surface area is 152 Å². The predicted octanol–water partition coefficient (Wildman–Crippen LogP) is 3.74. The van der Waals surface area contributed by atoms with Crippen LogP contribution < -0.4 is 0 Å². The molecule has 0 radical (unpaired) electrons. The Bertz CT molecular complexity index is 517. The van der Waals surface area contributed by atoms with Gasteiger partial charge in [0, 0.05) is 38.6 Å². The highest BCUT2D eigenvalue weighted by molar-refractivity contribution is 6.18. The maximum atomic E-state index is 9.95. The molecular formula is C20H30ClN3. The first kappa shape index (κ1) is 19.2. The Morgan fingerprint density at radius 3 is 2.17 bits per heavy atom. The average molecular weight is 348 g/mol. The Hall–Kier alpha value is -1.08. The molecule has 1 heterocycles. The van der Waals surface area contributed by atoms with Crippen LogP contribution in [0.25, 0.3) is 0 Å². The van der Waals surface area contributed by atoms with E-state index >= 15 is 0 Å². The molecule has 1 aliphatic heterocycles. The molecule has 1 unspecified atom stereocenters. The minimum absolute atomic E-state index is 0.311. The summed E-state index contributed by atoms with van der Waals surface area (Å²) in [7, 11) is 0. The van der Waals surface area contributed by atoms with Crippen molar-refractivity contribution in [2.24, 2.45) is 5.92 Å². The summed E-state index contributed by atoms with van der Waals surface area (Å²) in [5.41, 5.74) is 0.788. The van der Waals surface area contributed by atoms with Crippen LogP contribution in [0.1, 0.15) is 32.3 Å². The van der Waals surface area contributed by atoms with Gasteiger partial charge in [0.2, 0.25) is 0 Å². The Kier molecular flexibility index (Phi) is 7.55. The van der Waals surface area contributed by atoms with Crippen LogP contribution in [0.5, 0.6) is 0 Å². The lowest BCUT2D eigenvalue weighted by Crippen LogP contribution is -2.47. The second-order valence-corrected chi connectivity index (χ2v) is 7.46. The molecule has 1 fully saturated rings. The van der Waals surface area contributed by atoms with E-state index in [1.807, 2.05) is 18.2 Å². The number of hydrogen-bond acceptors (Lipinski definition) is 3. The van der Waals surface area contributed by atoms with Crippen molar-refractivity contribution in [2.45, 2.75) is 32.1 Å². The van der Waals surface area contributed by atoms with Gasteiger partial charge in [-0.25, -0.2) is 0 Å². The summed E-state index contributed by atoms with van der Waals surface area (Å²) in [6, 6.07) is 13.0. The summed E-state index contributed by atoms with van der Waals surface area (Å²) in [4.78, 5) is 4.96. The average Bonchev–Trinajstić information content (AvgIpc) is 2.61. The van der Waals surface area contributed by atoms with Crippen LogP contribution in [0.15, 0.2) is 30.3 Å². The molecule has 0 aliphatic carbocycles. The second-order valence-electron chi connectivity index (χ2n) is 7.08. The van der Waals surface area contributed by atoms with Gasteiger partial charge in [-0.15, -0.1) is 11.6 Å². The van der Waals surface area contributed by atoms with Crippen LogP contribution in [-0.4, -0.2) is 54.9 Å². The Morgan fingerprint density at radius 1 is 1.08 bits per heavy atom. The molecule has 0 spiro atoms. The fraction of sp³-hybridized carbons (Fsp3) is 0.650. The van der Waals surface area contributed by atoms with Crippen molar-refractivity contribution in [3.63, 3.8) is 0 Å². The zero-order chi connectivity index (χ0) is 17.4. The molecular weight excluding hydrogens is 318 g/mol. The lowest BCUT2D eigenvalue weighted by atomic mass is 9.70. The van der Waals surface area contributed by atoms with E-state index in [0.29, 0.717) is 5.92 Å². The molecule has 0 saturated carbocycles. The highest BCUT2D eigenvalue weighted by Crippen LogP contribution is 2.36. The molecule has 1 aliphatic rings. The van der Waals surface area contributed by atoms with Gasteiger partial charge < -0.3 is 4.90 Å². The van der Waals surface area contributed by atoms with Crippen LogP contribution in [0.4, 0.5) is 0 Å². The van der Waals surface area contributed by atoms with Gasteiger partial charge in [0.15, 0.2) is 0 Å². The number of alkyl halides is 1. The fourth-order valence-corrected chi connectivity index (χ4v) is 3.93. The van der Waals surface area contributed by atoms with Crippen molar-refractivity contribution in [3.8, 4) is 6.07 Å². The molecule has 0 amide bonds. The molecule has 1 saturated heterocycles. The van der Waals surface area contributed by atoms with E-state index in [4.69, 9.17) is 11.6 Å². The van der Waals surface area contributed by atoms with Gasteiger partial charge >= 0.3 is 0 Å². The van der Waals surface area contributed by atoms with Crippen LogP contribution in [0, 0.1) is 17.2 Å². The third-order valence-corrected chi connectivity index (χ3v) is 5.55. The SMILES string of the molecule is CC(C)C(C#N)(CCCN1CCN(CCCl)CC1)c1ccccc1. The molecule has 132 valence electrons. The number of benzene rings is 1. The third kappa shape index (κ3) is 4.72. The number of nitriles is 1. The number of piperazine rings is 1. The second kappa shape index (κ2) is 9.42. The van der Waals surface area contributed by atoms with Crippen LogP contribution >= 0.6 is 11.6 Å². The summed E-state index contributed by atoms with van der Waals surface area (Å²) in [6.07, 6.45) is 1.99. The zero-order valence-corrected chi connectivity index (χ0v) is 15.8. The van der Waals surface area contributed by atoms with Gasteiger partial charge in [-0.1, -0.05) is 44.2 Å². The van der Waals surface area contributed by atoms with Crippen molar-refractivity contribution >= 4 is 11.6 Å². The van der Waals surface area contributed by atoms with E-state index in [0.717, 1.165) is 63.6 Å². The van der Waals surface area contributed by atoms with Crippen molar-refractivity contribution in [1.29, 1.82) is 5.26 Å². The molecule has 0 bridgehead atoms. The highest BCUT2D eigenvalue weighted by atomic mass is 35.5. The molecule has 3 nitrogen and oxygen atoms in total. The molecule has 24 heavy (non-hydrogen) atoms. The monoisotopic (exact) mass is 347 g/mol. The van der Waals surface area contributed by atoms with Gasteiger partial charge in [-0.3, -0.25) is 4.90 Å². The Balaban J connectivity index is 1.90. The summed E-state index contributed by atoms with van der Waals surface area (Å²) < 4.78 is 0. The van der Waals surface area contributed by atoms with E-state index in [-0.39, 0.29) is 5.41 Å². The lowest BCUT2D eigenvalue weighted by Gasteiger charge is -2.36. The minimum Gasteiger partial charge on any atom is -0.301 e. The number of hydrogen-bond donors (Lipinski definition) is 0. The quantitative estimate of drug-likeness (QED) is 0.671. The van der Waals surface area contributed by atoms with E-state index in [9.17, 15) is 5.26 Å². The van der Waals surface area contributed by atoms with E-state index < -0.39 is 0 Å². The van der Waals surface area contributed by atoms with Gasteiger partial charge in [-0.05, 0) is 30.9 Å². The topological polar surface area (TPSA) is 30.3 Å². The maximum Gasteiger partial charge on any atom is 0.0845 e. The molecule has 4 heteroatoms. The smallest absolute Gasteiger partial charge is 0.0845 e. The third-order valence-electron chi connectivity index (χ3n) is 5.39. The van der Waals surface area contributed by atoms with Gasteiger partial charge in [0.1, 0.15) is 0 Å². The number of rotatable bonds is 8. The Morgan fingerprint density at radius 2 is 1.67 bits per heavy atom. The minimum atomic E-state index is -0.373. The number of halogens is 1. The van der Waals surface area contributed by atoms with E-state index in [1.54, 1.807) is 0 Å². The summed E-state index contributed by atoms with van der Waals surface area (Å²) >= 11 is 5.82. The highest BCUT2D eigenvalue weighted by Gasteiger charge is 2.35. The zero-order valence-electron chi connectivity index (χ0n) is 15.0. The number of nitrogens with zero attached hydrogens (tertiary/aromatic N) is 3. The molecule has 1 aromatic rings. The van der Waals surface area contributed by atoms with Gasteiger partial charge in [-0.2, -0.15) is 5.26 Å². The maximum absolute atomic E-state index is 9.95. The van der Waals surface area contributed by atoms with E-state index in [1.165, 1.54) is 0 Å². The van der Waals surface area contributed by atoms with Crippen LogP contribution in [0.3, 0.4) is 0 Å². The largest absolute Gasteiger partial charge is 0.301 e. The summed E-state index contributed by atoms with van der Waals surface area (Å²) in [5, 5.41) is 9.95. The van der Waals surface area contributed by atoms with Crippen molar-refractivity contribution in [3.05, 3.63) is 35.9 Å². The van der Waals surface area contributed by atoms with Crippen molar-refractivity contribution < 1.29 is 0 Å². The summed E-state index contributed by atoms with van der Waals surface area (Å²) in [5.74, 6) is 1.03. The lowest BCUT2D eigenvalue weighted by molar-refractivity contribution is 0.133. The first-order chi connectivity index (χ1) is 11.6. The van der Waals surface area contributed by atoms with Gasteiger partial charge in [0.25, 0.3) is 0 Å². The molecule has 1 aromatic carbocycles. The van der Waals surface area contributed by atoms with Gasteiger partial charge in [0.05, 0.1) is 11.5 Å². The van der Waals surface area contributed by atoms with E-state index in [2.05, 4.69) is 41.8 Å². The first-order valence-electron chi connectivity index (χ1n) is 9.10. The summed E-state index contributed by atoms with van der Waals surface area (Å²) in [6.45, 7) is 10.9. The predicted molar refractivity (Wildman–Crippen MR) is 101 cm³/mol. The van der Waals surface area contributed by atoms with Crippen LogP contribution in [-0.2, 0) is 5.41 Å². The van der Waals surface area contributed by atoms with Crippen molar-refractivity contribution in [1.82, 2.24) is 9.80 Å². The molecule has 1 atom stereocenters.